The molecule has 1 aromatic carbocycles. The largest absolute Gasteiger partial charge is 0.351 e. The zero-order chi connectivity index (χ0) is 14.7. The Kier molecular flexibility index (Phi) is 4.32. The first-order valence-corrected chi connectivity index (χ1v) is 8.59. The summed E-state index contributed by atoms with van der Waals surface area (Å²) in [5.41, 5.74) is 2.03. The van der Waals surface area contributed by atoms with E-state index in [1.54, 1.807) is 23.5 Å². The van der Waals surface area contributed by atoms with Gasteiger partial charge in [0.1, 0.15) is 0 Å². The molecule has 0 spiro atoms. The van der Waals surface area contributed by atoms with Crippen molar-refractivity contribution in [1.82, 2.24) is 5.32 Å². The topological polar surface area (TPSA) is 29.1 Å². The second kappa shape index (κ2) is 6.20. The molecule has 1 N–H and O–H groups in total. The van der Waals surface area contributed by atoms with Crippen molar-refractivity contribution in [3.8, 4) is 0 Å². The van der Waals surface area contributed by atoms with E-state index in [0.717, 1.165) is 12.8 Å². The van der Waals surface area contributed by atoms with Gasteiger partial charge < -0.3 is 5.32 Å². The number of hydrogen-bond donors (Lipinski definition) is 1. The Labute approximate surface area is 134 Å². The number of carbonyl (C=O) groups is 1. The van der Waals surface area contributed by atoms with Gasteiger partial charge in [0.05, 0.1) is 10.6 Å². The fourth-order valence-electron chi connectivity index (χ4n) is 3.18. The van der Waals surface area contributed by atoms with Crippen molar-refractivity contribution in [1.29, 1.82) is 0 Å². The molecule has 0 atom stereocenters. The van der Waals surface area contributed by atoms with Crippen LogP contribution in [0, 0.1) is 0 Å². The van der Waals surface area contributed by atoms with E-state index in [1.807, 2.05) is 12.1 Å². The molecule has 1 aromatic heterocycles. The van der Waals surface area contributed by atoms with E-state index in [0.29, 0.717) is 17.1 Å². The lowest BCUT2D eigenvalue weighted by Crippen LogP contribution is -2.38. The number of thiophene rings is 1. The Morgan fingerprint density at radius 3 is 2.67 bits per heavy atom. The Bertz CT molecular complexity index is 617. The predicted octanol–water partition coefficient (Wildman–Crippen LogP) is 4.64. The summed E-state index contributed by atoms with van der Waals surface area (Å²) in [6.45, 7) is 0.688. The summed E-state index contributed by atoms with van der Waals surface area (Å²) in [6.07, 6.45) is 4.76. The van der Waals surface area contributed by atoms with Gasteiger partial charge in [-0.25, -0.2) is 0 Å². The number of benzene rings is 1. The molecule has 3 rings (SSSR count). The highest BCUT2D eigenvalue weighted by Gasteiger charge is 2.36. The Morgan fingerprint density at radius 1 is 1.24 bits per heavy atom. The van der Waals surface area contributed by atoms with Gasteiger partial charge in [-0.1, -0.05) is 36.6 Å². The molecule has 1 aliphatic carbocycles. The van der Waals surface area contributed by atoms with E-state index in [9.17, 15) is 4.79 Å². The summed E-state index contributed by atoms with van der Waals surface area (Å²) in [4.78, 5) is 12.3. The van der Waals surface area contributed by atoms with Crippen LogP contribution in [0.15, 0.2) is 41.1 Å². The molecule has 0 radical (unpaired) electrons. The third-order valence-electron chi connectivity index (χ3n) is 4.40. The zero-order valence-electron chi connectivity index (χ0n) is 11.8. The fraction of sp³-hybridized carbons (Fsp3) is 0.353. The number of rotatable bonds is 4. The molecule has 21 heavy (non-hydrogen) atoms. The minimum absolute atomic E-state index is 0.0814. The van der Waals surface area contributed by atoms with E-state index >= 15 is 0 Å². The predicted molar refractivity (Wildman–Crippen MR) is 88.3 cm³/mol. The fourth-order valence-corrected chi connectivity index (χ4v) is 4.18. The molecule has 1 fully saturated rings. The molecule has 4 heteroatoms. The molecule has 1 amide bonds. The van der Waals surface area contributed by atoms with Crippen molar-refractivity contribution in [2.75, 3.05) is 6.54 Å². The Hall–Kier alpha value is -1.32. The van der Waals surface area contributed by atoms with Crippen LogP contribution in [0.25, 0.3) is 0 Å². The summed E-state index contributed by atoms with van der Waals surface area (Å²) in [6, 6.07) is 9.38. The molecule has 0 bridgehead atoms. The number of amides is 1. The highest BCUT2D eigenvalue weighted by Crippen LogP contribution is 2.41. The van der Waals surface area contributed by atoms with Crippen LogP contribution in [0.4, 0.5) is 0 Å². The van der Waals surface area contributed by atoms with Gasteiger partial charge in [-0.3, -0.25) is 4.79 Å². The van der Waals surface area contributed by atoms with Crippen LogP contribution in [-0.2, 0) is 5.41 Å². The van der Waals surface area contributed by atoms with Gasteiger partial charge in [0.2, 0.25) is 0 Å². The summed E-state index contributed by atoms with van der Waals surface area (Å²) >= 11 is 7.81. The smallest absolute Gasteiger partial charge is 0.252 e. The molecule has 1 heterocycles. The third kappa shape index (κ3) is 2.99. The highest BCUT2D eigenvalue weighted by molar-refractivity contribution is 7.08. The third-order valence-corrected chi connectivity index (χ3v) is 5.41. The standard InChI is InChI=1S/C17H18ClNOS/c18-15-6-2-1-5-14(15)16(20)19-12-17(8-3-4-9-17)13-7-10-21-11-13/h1-2,5-7,10-11H,3-4,8-9,12H2,(H,19,20). The van der Waals surface area contributed by atoms with E-state index in [-0.39, 0.29) is 11.3 Å². The first-order chi connectivity index (χ1) is 10.2. The summed E-state index contributed by atoms with van der Waals surface area (Å²) < 4.78 is 0. The van der Waals surface area contributed by atoms with Crippen molar-refractivity contribution < 1.29 is 4.79 Å². The minimum Gasteiger partial charge on any atom is -0.351 e. The van der Waals surface area contributed by atoms with Crippen molar-refractivity contribution in [2.45, 2.75) is 31.1 Å². The summed E-state index contributed by atoms with van der Waals surface area (Å²) in [7, 11) is 0. The summed E-state index contributed by atoms with van der Waals surface area (Å²) in [5.74, 6) is -0.0814. The molecule has 0 unspecified atom stereocenters. The average Bonchev–Trinajstić information content (AvgIpc) is 3.17. The van der Waals surface area contributed by atoms with Crippen LogP contribution in [0.2, 0.25) is 5.02 Å². The zero-order valence-corrected chi connectivity index (χ0v) is 13.3. The molecular formula is C17H18ClNOS. The van der Waals surface area contributed by atoms with E-state index in [1.165, 1.54) is 18.4 Å². The van der Waals surface area contributed by atoms with Crippen LogP contribution in [-0.4, -0.2) is 12.5 Å². The van der Waals surface area contributed by atoms with Gasteiger partial charge in [-0.05, 0) is 47.4 Å². The molecule has 110 valence electrons. The first-order valence-electron chi connectivity index (χ1n) is 7.27. The van der Waals surface area contributed by atoms with Gasteiger partial charge in [0, 0.05) is 12.0 Å². The second-order valence-corrected chi connectivity index (χ2v) is 6.85. The van der Waals surface area contributed by atoms with Crippen molar-refractivity contribution in [3.63, 3.8) is 0 Å². The molecular weight excluding hydrogens is 302 g/mol. The van der Waals surface area contributed by atoms with Crippen LogP contribution >= 0.6 is 22.9 Å². The Morgan fingerprint density at radius 2 is 2.00 bits per heavy atom. The van der Waals surface area contributed by atoms with Gasteiger partial charge in [-0.2, -0.15) is 11.3 Å². The lowest BCUT2D eigenvalue weighted by molar-refractivity contribution is 0.0943. The normalized spacial score (nSPS) is 16.8. The van der Waals surface area contributed by atoms with Crippen molar-refractivity contribution in [3.05, 3.63) is 57.2 Å². The second-order valence-electron chi connectivity index (χ2n) is 5.66. The maximum absolute atomic E-state index is 12.3. The number of carbonyl (C=O) groups excluding carboxylic acids is 1. The van der Waals surface area contributed by atoms with Gasteiger partial charge in [0.15, 0.2) is 0 Å². The molecule has 0 saturated heterocycles. The minimum atomic E-state index is -0.0814. The van der Waals surface area contributed by atoms with Crippen LogP contribution in [0.3, 0.4) is 0 Å². The van der Waals surface area contributed by atoms with Crippen LogP contribution in [0.5, 0.6) is 0 Å². The van der Waals surface area contributed by atoms with Gasteiger partial charge in [-0.15, -0.1) is 0 Å². The maximum atomic E-state index is 12.3. The molecule has 1 saturated carbocycles. The van der Waals surface area contributed by atoms with Gasteiger partial charge >= 0.3 is 0 Å². The van der Waals surface area contributed by atoms with E-state index in [2.05, 4.69) is 22.1 Å². The van der Waals surface area contributed by atoms with E-state index < -0.39 is 0 Å². The van der Waals surface area contributed by atoms with E-state index in [4.69, 9.17) is 11.6 Å². The highest BCUT2D eigenvalue weighted by atomic mass is 35.5. The maximum Gasteiger partial charge on any atom is 0.252 e. The molecule has 0 aliphatic heterocycles. The quantitative estimate of drug-likeness (QED) is 0.873. The average molecular weight is 320 g/mol. The lowest BCUT2D eigenvalue weighted by Gasteiger charge is -2.28. The summed E-state index contributed by atoms with van der Waals surface area (Å²) in [5, 5.41) is 7.93. The molecule has 2 aromatic rings. The van der Waals surface area contributed by atoms with Crippen molar-refractivity contribution in [2.24, 2.45) is 0 Å². The molecule has 1 aliphatic rings. The number of halogens is 1. The Balaban J connectivity index is 1.74. The van der Waals surface area contributed by atoms with Crippen LogP contribution < -0.4 is 5.32 Å². The van der Waals surface area contributed by atoms with Gasteiger partial charge in [0.25, 0.3) is 5.91 Å². The van der Waals surface area contributed by atoms with Crippen molar-refractivity contribution >= 4 is 28.8 Å². The molecule has 2 nitrogen and oxygen atoms in total. The first kappa shape index (κ1) is 14.6. The lowest BCUT2D eigenvalue weighted by atomic mass is 9.80. The SMILES string of the molecule is O=C(NCC1(c2ccsc2)CCCC1)c1ccccc1Cl. The number of hydrogen-bond acceptors (Lipinski definition) is 2. The number of nitrogens with one attached hydrogen (secondary N) is 1. The van der Waals surface area contributed by atoms with Crippen LogP contribution in [0.1, 0.15) is 41.6 Å². The monoisotopic (exact) mass is 319 g/mol.